The van der Waals surface area contributed by atoms with Gasteiger partial charge in [-0.3, -0.25) is 9.52 Å². The van der Waals surface area contributed by atoms with Crippen LogP contribution in [0, 0.1) is 0 Å². The van der Waals surface area contributed by atoms with Gasteiger partial charge in [-0.2, -0.15) is 0 Å². The molecule has 0 spiro atoms. The highest BCUT2D eigenvalue weighted by molar-refractivity contribution is 7.94. The molecule has 21 heavy (non-hydrogen) atoms. The van der Waals surface area contributed by atoms with Gasteiger partial charge in [-0.05, 0) is 36.1 Å². The molecular weight excluding hydrogens is 310 g/mol. The number of aldehydes is 1. The minimum atomic E-state index is -3.67. The lowest BCUT2D eigenvalue weighted by molar-refractivity contribution is 0.112. The maximum absolute atomic E-state index is 12.2. The Hall–Kier alpha value is -1.86. The lowest BCUT2D eigenvalue weighted by Gasteiger charge is -2.13. The predicted molar refractivity (Wildman–Crippen MR) is 82.7 cm³/mol. The molecule has 0 aliphatic rings. The Morgan fingerprint density at radius 1 is 1.33 bits per heavy atom. The maximum atomic E-state index is 12.2. The molecule has 1 N–H and O–H groups in total. The fourth-order valence-corrected chi connectivity index (χ4v) is 3.70. The summed E-state index contributed by atoms with van der Waals surface area (Å²) >= 11 is 1.12. The van der Waals surface area contributed by atoms with E-state index in [1.807, 2.05) is 6.92 Å². The highest BCUT2D eigenvalue weighted by atomic mass is 32.2. The molecule has 2 rings (SSSR count). The number of hydrogen-bond donors (Lipinski definition) is 1. The van der Waals surface area contributed by atoms with E-state index in [4.69, 9.17) is 4.74 Å². The Morgan fingerprint density at radius 2 is 2.14 bits per heavy atom. The quantitative estimate of drug-likeness (QED) is 0.794. The van der Waals surface area contributed by atoms with E-state index in [-0.39, 0.29) is 9.90 Å². The van der Waals surface area contributed by atoms with E-state index < -0.39 is 10.0 Å². The average Bonchev–Trinajstić information content (AvgIpc) is 3.00. The molecule has 0 fully saturated rings. The van der Waals surface area contributed by atoms with Gasteiger partial charge in [-0.15, -0.1) is 11.3 Å². The van der Waals surface area contributed by atoms with Crippen LogP contribution in [0.1, 0.15) is 23.7 Å². The molecule has 7 heteroatoms. The zero-order valence-electron chi connectivity index (χ0n) is 11.4. The molecule has 112 valence electrons. The molecule has 0 bridgehead atoms. The summed E-state index contributed by atoms with van der Waals surface area (Å²) in [7, 11) is -3.67. The van der Waals surface area contributed by atoms with Crippen molar-refractivity contribution in [3.8, 4) is 5.75 Å². The van der Waals surface area contributed by atoms with Crippen LogP contribution in [0.2, 0.25) is 0 Å². The summed E-state index contributed by atoms with van der Waals surface area (Å²) in [6, 6.07) is 7.81. The molecule has 0 aliphatic heterocycles. The summed E-state index contributed by atoms with van der Waals surface area (Å²) in [6.07, 6.45) is 1.46. The fourth-order valence-electron chi connectivity index (χ4n) is 1.65. The van der Waals surface area contributed by atoms with Crippen LogP contribution in [0.5, 0.6) is 5.75 Å². The second kappa shape index (κ2) is 6.73. The summed E-state index contributed by atoms with van der Waals surface area (Å²) in [5.74, 6) is 0.405. The van der Waals surface area contributed by atoms with Crippen molar-refractivity contribution >= 4 is 33.3 Å². The number of carbonyl (C=O) groups is 1. The molecule has 1 aromatic heterocycles. The van der Waals surface area contributed by atoms with Gasteiger partial charge in [0.1, 0.15) is 16.2 Å². The Labute approximate surface area is 127 Å². The lowest BCUT2D eigenvalue weighted by atomic mass is 10.2. The van der Waals surface area contributed by atoms with E-state index in [0.29, 0.717) is 24.2 Å². The Bertz CT molecular complexity index is 709. The van der Waals surface area contributed by atoms with Crippen LogP contribution in [-0.4, -0.2) is 21.3 Å². The lowest BCUT2D eigenvalue weighted by Crippen LogP contribution is -2.13. The van der Waals surface area contributed by atoms with Gasteiger partial charge in [0.25, 0.3) is 10.0 Å². The normalized spacial score (nSPS) is 11.1. The third kappa shape index (κ3) is 3.83. The van der Waals surface area contributed by atoms with E-state index in [1.54, 1.807) is 23.6 Å². The second-order valence-electron chi connectivity index (χ2n) is 4.26. The number of rotatable bonds is 7. The van der Waals surface area contributed by atoms with Gasteiger partial charge in [0.05, 0.1) is 12.3 Å². The van der Waals surface area contributed by atoms with Gasteiger partial charge in [0.2, 0.25) is 0 Å². The number of benzene rings is 1. The minimum Gasteiger partial charge on any atom is -0.491 e. The number of thiophene rings is 1. The van der Waals surface area contributed by atoms with Crippen LogP contribution in [0.25, 0.3) is 0 Å². The van der Waals surface area contributed by atoms with Crippen molar-refractivity contribution in [1.29, 1.82) is 0 Å². The van der Waals surface area contributed by atoms with E-state index >= 15 is 0 Å². The average molecular weight is 325 g/mol. The fraction of sp³-hybridized carbons (Fsp3) is 0.214. The van der Waals surface area contributed by atoms with Gasteiger partial charge in [0, 0.05) is 5.56 Å². The molecule has 0 amide bonds. The molecular formula is C14H15NO4S2. The van der Waals surface area contributed by atoms with Crippen LogP contribution in [-0.2, 0) is 10.0 Å². The third-order valence-electron chi connectivity index (χ3n) is 2.61. The topological polar surface area (TPSA) is 72.5 Å². The van der Waals surface area contributed by atoms with Crippen LogP contribution in [0.3, 0.4) is 0 Å². The summed E-state index contributed by atoms with van der Waals surface area (Å²) in [4.78, 5) is 10.9. The Morgan fingerprint density at radius 3 is 2.76 bits per heavy atom. The Balaban J connectivity index is 2.34. The zero-order chi connectivity index (χ0) is 15.3. The molecule has 1 aromatic carbocycles. The number of sulfonamides is 1. The highest BCUT2D eigenvalue weighted by Gasteiger charge is 2.18. The van der Waals surface area contributed by atoms with Crippen LogP contribution >= 0.6 is 11.3 Å². The van der Waals surface area contributed by atoms with Crippen molar-refractivity contribution in [3.05, 3.63) is 41.3 Å². The smallest absolute Gasteiger partial charge is 0.271 e. The van der Waals surface area contributed by atoms with Gasteiger partial charge in [-0.25, -0.2) is 8.42 Å². The number of nitrogens with one attached hydrogen (secondary N) is 1. The highest BCUT2D eigenvalue weighted by Crippen LogP contribution is 2.29. The molecule has 1 heterocycles. The van der Waals surface area contributed by atoms with E-state index in [1.165, 1.54) is 12.1 Å². The second-order valence-corrected chi connectivity index (χ2v) is 7.12. The molecule has 0 aliphatic carbocycles. The zero-order valence-corrected chi connectivity index (χ0v) is 13.0. The molecule has 0 unspecified atom stereocenters. The molecule has 0 saturated heterocycles. The molecule has 0 atom stereocenters. The summed E-state index contributed by atoms with van der Waals surface area (Å²) < 4.78 is 32.7. The first-order chi connectivity index (χ1) is 10.1. The molecule has 0 saturated carbocycles. The Kier molecular flexibility index (Phi) is 4.98. The SMILES string of the molecule is CCCOc1ccc(C=O)cc1NS(=O)(=O)c1cccs1. The monoisotopic (exact) mass is 325 g/mol. The van der Waals surface area contributed by atoms with Gasteiger partial charge in [-0.1, -0.05) is 13.0 Å². The van der Waals surface area contributed by atoms with Crippen molar-refractivity contribution in [3.63, 3.8) is 0 Å². The van der Waals surface area contributed by atoms with E-state index in [0.717, 1.165) is 17.8 Å². The summed E-state index contributed by atoms with van der Waals surface area (Å²) in [5.41, 5.74) is 0.643. The van der Waals surface area contributed by atoms with Crippen molar-refractivity contribution < 1.29 is 17.9 Å². The first kappa shape index (κ1) is 15.5. The number of anilines is 1. The van der Waals surface area contributed by atoms with Crippen molar-refractivity contribution in [2.45, 2.75) is 17.6 Å². The molecule has 2 aromatic rings. The number of ether oxygens (including phenoxy) is 1. The third-order valence-corrected chi connectivity index (χ3v) is 5.37. The molecule has 5 nitrogen and oxygen atoms in total. The van der Waals surface area contributed by atoms with E-state index in [9.17, 15) is 13.2 Å². The maximum Gasteiger partial charge on any atom is 0.271 e. The minimum absolute atomic E-state index is 0.209. The van der Waals surface area contributed by atoms with Gasteiger partial charge < -0.3 is 4.74 Å². The first-order valence-electron chi connectivity index (χ1n) is 6.35. The molecule has 0 radical (unpaired) electrons. The van der Waals surface area contributed by atoms with E-state index in [2.05, 4.69) is 4.72 Å². The standard InChI is InChI=1S/C14H15NO4S2/c1-2-7-19-13-6-5-11(10-16)9-12(13)15-21(17,18)14-4-3-8-20-14/h3-6,8-10,15H,2,7H2,1H3. The van der Waals surface area contributed by atoms with Crippen molar-refractivity contribution in [2.75, 3.05) is 11.3 Å². The predicted octanol–water partition coefficient (Wildman–Crippen LogP) is 3.15. The number of carbonyl (C=O) groups excluding carboxylic acids is 1. The summed E-state index contributed by atoms with van der Waals surface area (Å²) in [6.45, 7) is 2.42. The van der Waals surface area contributed by atoms with Crippen molar-refractivity contribution in [2.24, 2.45) is 0 Å². The van der Waals surface area contributed by atoms with Gasteiger partial charge in [0.15, 0.2) is 0 Å². The van der Waals surface area contributed by atoms with Crippen LogP contribution in [0.15, 0.2) is 39.9 Å². The van der Waals surface area contributed by atoms with Crippen LogP contribution < -0.4 is 9.46 Å². The van der Waals surface area contributed by atoms with Crippen molar-refractivity contribution in [1.82, 2.24) is 0 Å². The largest absolute Gasteiger partial charge is 0.491 e. The van der Waals surface area contributed by atoms with Gasteiger partial charge >= 0.3 is 0 Å². The summed E-state index contributed by atoms with van der Waals surface area (Å²) in [5, 5.41) is 1.69. The van der Waals surface area contributed by atoms with Crippen LogP contribution in [0.4, 0.5) is 5.69 Å². The first-order valence-corrected chi connectivity index (χ1v) is 8.71. The number of hydrogen-bond acceptors (Lipinski definition) is 5.